The fraction of sp³-hybridized carbons (Fsp3) is 0.455. The summed E-state index contributed by atoms with van der Waals surface area (Å²) < 4.78 is 0. The van der Waals surface area contributed by atoms with Crippen LogP contribution in [-0.2, 0) is 6.42 Å². The molecule has 0 aromatic heterocycles. The fourth-order valence-electron chi connectivity index (χ4n) is 1.87. The summed E-state index contributed by atoms with van der Waals surface area (Å²) >= 11 is 1.98. The summed E-state index contributed by atoms with van der Waals surface area (Å²) in [6.45, 7) is 4.43. The molecular weight excluding hydrogens is 178 g/mol. The number of hydrogen-bond acceptors (Lipinski definition) is 2. The molecule has 1 aliphatic rings. The van der Waals surface area contributed by atoms with Crippen molar-refractivity contribution in [1.82, 2.24) is 0 Å². The van der Waals surface area contributed by atoms with E-state index in [0.717, 1.165) is 0 Å². The van der Waals surface area contributed by atoms with E-state index in [1.54, 1.807) is 5.56 Å². The third kappa shape index (κ3) is 1.33. The quantitative estimate of drug-likeness (QED) is 0.736. The van der Waals surface area contributed by atoms with Crippen molar-refractivity contribution in [2.75, 3.05) is 18.1 Å². The molecule has 70 valence electrons. The maximum atomic E-state index is 3.27. The summed E-state index contributed by atoms with van der Waals surface area (Å²) in [5.41, 5.74) is 5.76. The molecule has 1 aliphatic heterocycles. The lowest BCUT2D eigenvalue weighted by atomic mass is 10.0. The highest BCUT2D eigenvalue weighted by molar-refractivity contribution is 7.99. The molecule has 0 amide bonds. The van der Waals surface area contributed by atoms with Crippen LogP contribution in [0, 0.1) is 13.8 Å². The second-order valence-electron chi connectivity index (χ2n) is 3.52. The van der Waals surface area contributed by atoms with Crippen molar-refractivity contribution in [3.05, 3.63) is 22.8 Å². The normalized spacial score (nSPS) is 14.4. The molecule has 0 fully saturated rings. The number of nitrogens with one attached hydrogen (secondary N) is 1. The van der Waals surface area contributed by atoms with Crippen molar-refractivity contribution >= 4 is 17.4 Å². The predicted octanol–water partition coefficient (Wildman–Crippen LogP) is 2.99. The van der Waals surface area contributed by atoms with E-state index < -0.39 is 0 Å². The molecular formula is C11H15NS. The molecule has 1 N–H and O–H groups in total. The van der Waals surface area contributed by atoms with E-state index in [1.165, 1.54) is 33.9 Å². The molecule has 0 atom stereocenters. The molecule has 0 unspecified atom stereocenters. The van der Waals surface area contributed by atoms with Gasteiger partial charge in [0.05, 0.1) is 0 Å². The summed E-state index contributed by atoms with van der Waals surface area (Å²) in [4.78, 5) is 1.48. The SMILES string of the molecule is CNc1cc(C)c(C)c2c1SCC2. The molecule has 0 saturated carbocycles. The average Bonchev–Trinajstić information content (AvgIpc) is 2.60. The fourth-order valence-corrected chi connectivity index (χ4v) is 3.12. The lowest BCUT2D eigenvalue weighted by molar-refractivity contribution is 1.09. The number of thioether (sulfide) groups is 1. The van der Waals surface area contributed by atoms with Gasteiger partial charge in [-0.05, 0) is 43.0 Å². The highest BCUT2D eigenvalue weighted by Gasteiger charge is 2.18. The van der Waals surface area contributed by atoms with E-state index in [1.807, 2.05) is 18.8 Å². The number of aryl methyl sites for hydroxylation is 1. The Morgan fingerprint density at radius 3 is 2.85 bits per heavy atom. The molecule has 0 aliphatic carbocycles. The van der Waals surface area contributed by atoms with Gasteiger partial charge in [-0.15, -0.1) is 11.8 Å². The summed E-state index contributed by atoms with van der Waals surface area (Å²) in [6.07, 6.45) is 1.24. The van der Waals surface area contributed by atoms with E-state index in [-0.39, 0.29) is 0 Å². The number of fused-ring (bicyclic) bond motifs is 1. The van der Waals surface area contributed by atoms with Gasteiger partial charge in [-0.3, -0.25) is 0 Å². The Morgan fingerprint density at radius 2 is 2.15 bits per heavy atom. The van der Waals surface area contributed by atoms with Crippen LogP contribution in [0.15, 0.2) is 11.0 Å². The average molecular weight is 193 g/mol. The van der Waals surface area contributed by atoms with Gasteiger partial charge in [0.25, 0.3) is 0 Å². The number of hydrogen-bond donors (Lipinski definition) is 1. The van der Waals surface area contributed by atoms with Crippen LogP contribution >= 0.6 is 11.8 Å². The Labute approximate surface area is 83.9 Å². The van der Waals surface area contributed by atoms with Gasteiger partial charge in [0.2, 0.25) is 0 Å². The highest BCUT2D eigenvalue weighted by atomic mass is 32.2. The minimum atomic E-state index is 1.24. The van der Waals surface area contributed by atoms with Crippen molar-refractivity contribution < 1.29 is 0 Å². The second kappa shape index (κ2) is 3.26. The van der Waals surface area contributed by atoms with Gasteiger partial charge in [-0.25, -0.2) is 0 Å². The zero-order chi connectivity index (χ0) is 9.42. The summed E-state index contributed by atoms with van der Waals surface area (Å²) in [7, 11) is 2.00. The molecule has 1 nitrogen and oxygen atoms in total. The van der Waals surface area contributed by atoms with Gasteiger partial charge in [0.1, 0.15) is 0 Å². The van der Waals surface area contributed by atoms with Crippen LogP contribution in [0.3, 0.4) is 0 Å². The first-order chi connectivity index (χ1) is 6.24. The molecule has 0 bridgehead atoms. The third-order valence-electron chi connectivity index (χ3n) is 2.79. The molecule has 2 rings (SSSR count). The molecule has 13 heavy (non-hydrogen) atoms. The van der Waals surface area contributed by atoms with Crippen molar-refractivity contribution in [2.45, 2.75) is 25.2 Å². The molecule has 1 aromatic carbocycles. The Hall–Kier alpha value is -0.630. The van der Waals surface area contributed by atoms with Gasteiger partial charge in [0.15, 0.2) is 0 Å². The minimum absolute atomic E-state index is 1.24. The number of rotatable bonds is 1. The zero-order valence-corrected chi connectivity index (χ0v) is 9.22. The Kier molecular flexibility index (Phi) is 2.24. The first kappa shape index (κ1) is 8.95. The van der Waals surface area contributed by atoms with E-state index in [9.17, 15) is 0 Å². The topological polar surface area (TPSA) is 12.0 Å². The number of benzene rings is 1. The Bertz CT molecular complexity index is 344. The van der Waals surface area contributed by atoms with E-state index in [4.69, 9.17) is 0 Å². The van der Waals surface area contributed by atoms with Gasteiger partial charge in [-0.1, -0.05) is 0 Å². The van der Waals surface area contributed by atoms with Crippen LogP contribution in [0.5, 0.6) is 0 Å². The van der Waals surface area contributed by atoms with E-state index >= 15 is 0 Å². The smallest absolute Gasteiger partial charge is 0.0481 e. The molecule has 0 saturated heterocycles. The maximum Gasteiger partial charge on any atom is 0.0481 e. The van der Waals surface area contributed by atoms with Crippen LogP contribution in [0.2, 0.25) is 0 Å². The van der Waals surface area contributed by atoms with Gasteiger partial charge in [0, 0.05) is 23.4 Å². The lowest BCUT2D eigenvalue weighted by Crippen LogP contribution is -1.96. The monoisotopic (exact) mass is 193 g/mol. The standard InChI is InChI=1S/C11H15NS/c1-7-6-10(12-3)11-9(8(7)2)4-5-13-11/h6,12H,4-5H2,1-3H3. The number of anilines is 1. The minimum Gasteiger partial charge on any atom is -0.387 e. The molecule has 1 aromatic rings. The van der Waals surface area contributed by atoms with Gasteiger partial charge < -0.3 is 5.32 Å². The van der Waals surface area contributed by atoms with Crippen LogP contribution < -0.4 is 5.32 Å². The summed E-state index contributed by atoms with van der Waals surface area (Å²) in [5.74, 6) is 1.24. The largest absolute Gasteiger partial charge is 0.387 e. The van der Waals surface area contributed by atoms with Crippen molar-refractivity contribution in [3.63, 3.8) is 0 Å². The first-order valence-corrected chi connectivity index (χ1v) is 5.66. The van der Waals surface area contributed by atoms with Crippen molar-refractivity contribution in [3.8, 4) is 0 Å². The van der Waals surface area contributed by atoms with Crippen molar-refractivity contribution in [1.29, 1.82) is 0 Å². The van der Waals surface area contributed by atoms with Crippen LogP contribution in [-0.4, -0.2) is 12.8 Å². The molecule has 0 spiro atoms. The van der Waals surface area contributed by atoms with Gasteiger partial charge >= 0.3 is 0 Å². The summed E-state index contributed by atoms with van der Waals surface area (Å²) in [5, 5.41) is 3.27. The Morgan fingerprint density at radius 1 is 1.38 bits per heavy atom. The van der Waals surface area contributed by atoms with Crippen LogP contribution in [0.25, 0.3) is 0 Å². The van der Waals surface area contributed by atoms with Crippen molar-refractivity contribution in [2.24, 2.45) is 0 Å². The molecule has 1 heterocycles. The Balaban J connectivity index is 2.64. The van der Waals surface area contributed by atoms with E-state index in [0.29, 0.717) is 0 Å². The summed E-state index contributed by atoms with van der Waals surface area (Å²) in [6, 6.07) is 2.26. The highest BCUT2D eigenvalue weighted by Crippen LogP contribution is 2.40. The molecule has 0 radical (unpaired) electrons. The second-order valence-corrected chi connectivity index (χ2v) is 4.63. The lowest BCUT2D eigenvalue weighted by Gasteiger charge is -2.12. The van der Waals surface area contributed by atoms with Gasteiger partial charge in [-0.2, -0.15) is 0 Å². The first-order valence-electron chi connectivity index (χ1n) is 4.67. The third-order valence-corrected chi connectivity index (χ3v) is 3.95. The van der Waals surface area contributed by atoms with E-state index in [2.05, 4.69) is 25.2 Å². The maximum absolute atomic E-state index is 3.27. The predicted molar refractivity (Wildman–Crippen MR) is 59.9 cm³/mol. The molecule has 2 heteroatoms. The van der Waals surface area contributed by atoms with Crippen LogP contribution in [0.1, 0.15) is 16.7 Å². The zero-order valence-electron chi connectivity index (χ0n) is 8.40. The van der Waals surface area contributed by atoms with Crippen LogP contribution in [0.4, 0.5) is 5.69 Å².